The van der Waals surface area contributed by atoms with Gasteiger partial charge in [-0.3, -0.25) is 19.3 Å². The largest absolute Gasteiger partial charge is 0.451 e. The third kappa shape index (κ3) is 4.08. The van der Waals surface area contributed by atoms with E-state index in [1.807, 2.05) is 27.7 Å². The number of carbonyl (C=O) groups excluding carboxylic acids is 3. The zero-order valence-corrected chi connectivity index (χ0v) is 20.0. The second-order valence-electron chi connectivity index (χ2n) is 8.67. The number of rotatable bonds is 6. The Labute approximate surface area is 194 Å². The fourth-order valence-corrected chi connectivity index (χ4v) is 4.79. The summed E-state index contributed by atoms with van der Waals surface area (Å²) in [5.41, 5.74) is 1.25. The lowest BCUT2D eigenvalue weighted by molar-refractivity contribution is 0.0319. The Morgan fingerprint density at radius 3 is 2.52 bits per heavy atom. The number of benzene rings is 1. The molecule has 9 heteroatoms. The van der Waals surface area contributed by atoms with E-state index in [4.69, 9.17) is 4.74 Å². The first kappa shape index (κ1) is 22.8. The van der Waals surface area contributed by atoms with Crippen LogP contribution in [0, 0.1) is 19.8 Å². The number of imide groups is 1. The van der Waals surface area contributed by atoms with Gasteiger partial charge in [-0.25, -0.2) is 9.78 Å². The molecule has 0 radical (unpaired) electrons. The van der Waals surface area contributed by atoms with E-state index >= 15 is 0 Å². The number of H-pyrrole nitrogens is 1. The fraction of sp³-hybridized carbons (Fsp3) is 0.375. The summed E-state index contributed by atoms with van der Waals surface area (Å²) >= 11 is 1.41. The van der Waals surface area contributed by atoms with E-state index in [9.17, 15) is 19.2 Å². The topological polar surface area (TPSA) is 109 Å². The number of esters is 1. The molecular weight excluding hydrogens is 442 g/mol. The number of amides is 2. The molecule has 1 aliphatic rings. The lowest BCUT2D eigenvalue weighted by atomic mass is 10.1. The molecule has 1 atom stereocenters. The van der Waals surface area contributed by atoms with Crippen LogP contribution in [0.2, 0.25) is 0 Å². The zero-order chi connectivity index (χ0) is 24.0. The first-order valence-corrected chi connectivity index (χ1v) is 11.6. The number of thiophene rings is 1. The minimum Gasteiger partial charge on any atom is -0.451 e. The predicted molar refractivity (Wildman–Crippen MR) is 125 cm³/mol. The van der Waals surface area contributed by atoms with Crippen LogP contribution in [0.4, 0.5) is 0 Å². The molecule has 3 heterocycles. The quantitative estimate of drug-likeness (QED) is 0.431. The maximum atomic E-state index is 12.8. The van der Waals surface area contributed by atoms with Crippen molar-refractivity contribution in [2.45, 2.75) is 47.1 Å². The standard InChI is InChI=1S/C24H25N3O5S/c1-11(2)8-9-27-22(29)16-7-6-15(10-17(16)23(27)30)24(31)32-13(4)19-25-20(28)18-12(3)14(5)33-21(18)26-19/h6-7,10-11,13H,8-9H2,1-5H3,(H,25,26,28). The number of aromatic amines is 1. The highest BCUT2D eigenvalue weighted by Crippen LogP contribution is 2.28. The monoisotopic (exact) mass is 467 g/mol. The second-order valence-corrected chi connectivity index (χ2v) is 9.87. The maximum absolute atomic E-state index is 12.8. The molecule has 0 bridgehead atoms. The molecule has 3 aromatic rings. The van der Waals surface area contributed by atoms with Crippen LogP contribution in [0.3, 0.4) is 0 Å². The van der Waals surface area contributed by atoms with Crippen LogP contribution in [-0.2, 0) is 4.74 Å². The average molecular weight is 468 g/mol. The van der Waals surface area contributed by atoms with Crippen molar-refractivity contribution in [3.8, 4) is 0 Å². The summed E-state index contributed by atoms with van der Waals surface area (Å²) in [5, 5.41) is 0.545. The molecule has 8 nitrogen and oxygen atoms in total. The van der Waals surface area contributed by atoms with Crippen molar-refractivity contribution in [1.29, 1.82) is 0 Å². The highest BCUT2D eigenvalue weighted by atomic mass is 32.1. The maximum Gasteiger partial charge on any atom is 0.338 e. The van der Waals surface area contributed by atoms with Gasteiger partial charge in [0, 0.05) is 11.4 Å². The predicted octanol–water partition coefficient (Wildman–Crippen LogP) is 4.16. The summed E-state index contributed by atoms with van der Waals surface area (Å²) in [6, 6.07) is 4.34. The number of nitrogens with one attached hydrogen (secondary N) is 1. The molecule has 1 unspecified atom stereocenters. The Hall–Kier alpha value is -3.33. The number of hydrogen-bond donors (Lipinski definition) is 1. The number of ether oxygens (including phenoxy) is 1. The third-order valence-electron chi connectivity index (χ3n) is 5.86. The van der Waals surface area contributed by atoms with E-state index in [1.54, 1.807) is 6.92 Å². The molecule has 2 aromatic heterocycles. The second kappa shape index (κ2) is 8.55. The van der Waals surface area contributed by atoms with E-state index in [1.165, 1.54) is 34.4 Å². The molecule has 1 aliphatic heterocycles. The molecule has 172 valence electrons. The van der Waals surface area contributed by atoms with Crippen molar-refractivity contribution in [3.05, 3.63) is 61.5 Å². The number of carbonyl (C=O) groups is 3. The molecule has 1 aromatic carbocycles. The first-order valence-electron chi connectivity index (χ1n) is 10.8. The average Bonchev–Trinajstić information content (AvgIpc) is 3.18. The number of hydrogen-bond acceptors (Lipinski definition) is 7. The Kier molecular flexibility index (Phi) is 5.92. The molecule has 0 saturated carbocycles. The lowest BCUT2D eigenvalue weighted by Gasteiger charge is -2.14. The van der Waals surface area contributed by atoms with Gasteiger partial charge in [0.25, 0.3) is 17.4 Å². The lowest BCUT2D eigenvalue weighted by Crippen LogP contribution is -2.31. The van der Waals surface area contributed by atoms with Gasteiger partial charge in [0.15, 0.2) is 11.9 Å². The van der Waals surface area contributed by atoms with Crippen LogP contribution < -0.4 is 5.56 Å². The van der Waals surface area contributed by atoms with Crippen molar-refractivity contribution in [3.63, 3.8) is 0 Å². The summed E-state index contributed by atoms with van der Waals surface area (Å²) in [6.07, 6.45) is -0.109. The van der Waals surface area contributed by atoms with Crippen LogP contribution in [-0.4, -0.2) is 39.2 Å². The van der Waals surface area contributed by atoms with Gasteiger partial charge in [-0.2, -0.15) is 0 Å². The van der Waals surface area contributed by atoms with Crippen LogP contribution >= 0.6 is 11.3 Å². The Balaban J connectivity index is 1.55. The minimum atomic E-state index is -0.814. The summed E-state index contributed by atoms with van der Waals surface area (Å²) in [5.74, 6) is -0.830. The first-order chi connectivity index (χ1) is 15.6. The van der Waals surface area contributed by atoms with E-state index in [0.717, 1.165) is 10.4 Å². The normalized spacial score (nSPS) is 14.3. The van der Waals surface area contributed by atoms with Crippen molar-refractivity contribution in [2.24, 2.45) is 5.92 Å². The number of aromatic nitrogens is 2. The summed E-state index contributed by atoms with van der Waals surface area (Å²) < 4.78 is 5.51. The molecule has 0 fully saturated rings. The van der Waals surface area contributed by atoms with Gasteiger partial charge in [0.05, 0.1) is 22.1 Å². The van der Waals surface area contributed by atoms with Gasteiger partial charge < -0.3 is 9.72 Å². The zero-order valence-electron chi connectivity index (χ0n) is 19.1. The van der Waals surface area contributed by atoms with Crippen molar-refractivity contribution < 1.29 is 19.1 Å². The van der Waals surface area contributed by atoms with Gasteiger partial charge in [0.1, 0.15) is 4.83 Å². The van der Waals surface area contributed by atoms with E-state index in [0.29, 0.717) is 29.1 Å². The van der Waals surface area contributed by atoms with Gasteiger partial charge in [-0.15, -0.1) is 11.3 Å². The van der Waals surface area contributed by atoms with Crippen LogP contribution in [0.5, 0.6) is 0 Å². The third-order valence-corrected chi connectivity index (χ3v) is 6.96. The highest BCUT2D eigenvalue weighted by Gasteiger charge is 2.36. The summed E-state index contributed by atoms with van der Waals surface area (Å²) in [7, 11) is 0. The molecule has 2 amide bonds. The van der Waals surface area contributed by atoms with Gasteiger partial charge in [-0.1, -0.05) is 13.8 Å². The summed E-state index contributed by atoms with van der Waals surface area (Å²) in [4.78, 5) is 60.6. The van der Waals surface area contributed by atoms with Gasteiger partial charge in [-0.05, 0) is 56.9 Å². The van der Waals surface area contributed by atoms with E-state index in [-0.39, 0.29) is 34.0 Å². The van der Waals surface area contributed by atoms with Gasteiger partial charge in [0.2, 0.25) is 0 Å². The Morgan fingerprint density at radius 1 is 1.12 bits per heavy atom. The molecule has 4 rings (SSSR count). The molecular formula is C24H25N3O5S. The molecule has 33 heavy (non-hydrogen) atoms. The minimum absolute atomic E-state index is 0.152. The fourth-order valence-electron chi connectivity index (χ4n) is 3.76. The van der Waals surface area contributed by atoms with Crippen molar-refractivity contribution in [2.75, 3.05) is 6.54 Å². The van der Waals surface area contributed by atoms with Crippen LogP contribution in [0.15, 0.2) is 23.0 Å². The van der Waals surface area contributed by atoms with Crippen LogP contribution in [0.25, 0.3) is 10.2 Å². The van der Waals surface area contributed by atoms with E-state index in [2.05, 4.69) is 9.97 Å². The SMILES string of the molecule is Cc1sc2nc(C(C)OC(=O)c3ccc4c(c3)C(=O)N(CCC(C)C)C4=O)[nH]c(=O)c2c1C. The summed E-state index contributed by atoms with van der Waals surface area (Å²) in [6.45, 7) is 9.79. The van der Waals surface area contributed by atoms with Crippen LogP contribution in [0.1, 0.15) is 80.6 Å². The molecule has 0 spiro atoms. The Morgan fingerprint density at radius 2 is 1.82 bits per heavy atom. The molecule has 0 saturated heterocycles. The number of aryl methyl sites for hydroxylation is 2. The van der Waals surface area contributed by atoms with Gasteiger partial charge >= 0.3 is 5.97 Å². The van der Waals surface area contributed by atoms with Crippen molar-refractivity contribution >= 4 is 39.3 Å². The molecule has 1 N–H and O–H groups in total. The smallest absolute Gasteiger partial charge is 0.338 e. The molecule has 0 aliphatic carbocycles. The number of fused-ring (bicyclic) bond motifs is 2. The number of nitrogens with zero attached hydrogens (tertiary/aromatic N) is 2. The highest BCUT2D eigenvalue weighted by molar-refractivity contribution is 7.18. The Bertz CT molecular complexity index is 1350. The van der Waals surface area contributed by atoms with E-state index < -0.39 is 18.0 Å². The van der Waals surface area contributed by atoms with Crippen molar-refractivity contribution in [1.82, 2.24) is 14.9 Å².